The van der Waals surface area contributed by atoms with Crippen LogP contribution in [0.4, 0.5) is 0 Å². The third-order valence-corrected chi connectivity index (χ3v) is 6.84. The number of carbonyl (C=O) groups excluding carboxylic acids is 2. The van der Waals surface area contributed by atoms with E-state index in [1.54, 1.807) is 23.1 Å². The topological polar surface area (TPSA) is 88.3 Å². The molecule has 3 N–H and O–H groups in total. The maximum Gasteiger partial charge on any atom is 0.230 e. The van der Waals surface area contributed by atoms with Crippen LogP contribution in [0.15, 0.2) is 24.3 Å². The summed E-state index contributed by atoms with van der Waals surface area (Å²) in [6.45, 7) is 3.32. The van der Waals surface area contributed by atoms with Gasteiger partial charge in [0.05, 0.1) is 21.9 Å². The highest BCUT2D eigenvalue weighted by Crippen LogP contribution is 2.24. The van der Waals surface area contributed by atoms with Crippen molar-refractivity contribution in [2.45, 2.75) is 25.0 Å². The Kier molecular flexibility index (Phi) is 7.49. The Hall–Kier alpha value is -1.64. The monoisotopic (exact) mass is 406 g/mol. The number of nitrogens with zero attached hydrogens (tertiary/aromatic N) is 2. The fourth-order valence-corrected chi connectivity index (χ4v) is 5.16. The molecule has 1 aromatic heterocycles. The van der Waals surface area contributed by atoms with Crippen LogP contribution in [0.3, 0.4) is 0 Å². The van der Waals surface area contributed by atoms with Gasteiger partial charge in [-0.05, 0) is 44.5 Å². The minimum absolute atomic E-state index is 0.0211. The predicted molar refractivity (Wildman–Crippen MR) is 112 cm³/mol. The number of benzene rings is 1. The summed E-state index contributed by atoms with van der Waals surface area (Å²) in [4.78, 5) is 30.1. The van der Waals surface area contributed by atoms with E-state index in [4.69, 9.17) is 5.73 Å². The van der Waals surface area contributed by atoms with Gasteiger partial charge in [0.25, 0.3) is 0 Å². The molecule has 1 unspecified atom stereocenters. The number of hydrogen-bond acceptors (Lipinski definition) is 6. The Morgan fingerprint density at radius 3 is 3.04 bits per heavy atom. The molecule has 3 rings (SSSR count). The molecule has 0 spiro atoms. The van der Waals surface area contributed by atoms with Crippen LogP contribution in [-0.2, 0) is 15.3 Å². The number of thioether (sulfide) groups is 1. The Labute approximate surface area is 167 Å². The van der Waals surface area contributed by atoms with Crippen molar-refractivity contribution in [1.29, 1.82) is 0 Å². The highest BCUT2D eigenvalue weighted by Gasteiger charge is 2.23. The average Bonchev–Trinajstić information content (AvgIpc) is 3.08. The number of fused-ring (bicyclic) bond motifs is 1. The highest BCUT2D eigenvalue weighted by atomic mass is 32.2. The Balaban J connectivity index is 1.28. The van der Waals surface area contributed by atoms with Crippen molar-refractivity contribution in [2.24, 2.45) is 11.7 Å². The molecule has 0 aliphatic carbocycles. The Morgan fingerprint density at radius 1 is 1.37 bits per heavy atom. The van der Waals surface area contributed by atoms with Gasteiger partial charge in [-0.2, -0.15) is 0 Å². The van der Waals surface area contributed by atoms with Crippen molar-refractivity contribution in [2.75, 3.05) is 31.9 Å². The first-order chi connectivity index (χ1) is 13.1. The van der Waals surface area contributed by atoms with Crippen LogP contribution in [0.5, 0.6) is 0 Å². The molecule has 1 aliphatic heterocycles. The number of rotatable bonds is 9. The van der Waals surface area contributed by atoms with E-state index in [0.29, 0.717) is 12.3 Å². The van der Waals surface area contributed by atoms with Crippen molar-refractivity contribution in [3.63, 3.8) is 0 Å². The maximum absolute atomic E-state index is 12.0. The van der Waals surface area contributed by atoms with Crippen molar-refractivity contribution in [3.05, 3.63) is 29.3 Å². The molecule has 1 atom stereocenters. The molecule has 1 saturated heterocycles. The molecule has 1 fully saturated rings. The number of aromatic nitrogens is 1. The second-order valence-electron chi connectivity index (χ2n) is 6.81. The molecule has 6 nitrogen and oxygen atoms in total. The Morgan fingerprint density at radius 2 is 2.22 bits per heavy atom. The van der Waals surface area contributed by atoms with E-state index in [1.807, 2.05) is 18.2 Å². The summed E-state index contributed by atoms with van der Waals surface area (Å²) < 4.78 is 1.19. The molecule has 27 heavy (non-hydrogen) atoms. The summed E-state index contributed by atoms with van der Waals surface area (Å²) in [6, 6.07) is 8.09. The van der Waals surface area contributed by atoms with Crippen LogP contribution < -0.4 is 11.1 Å². The second-order valence-corrected chi connectivity index (χ2v) is 8.91. The number of primary amides is 1. The molecule has 1 aromatic carbocycles. The van der Waals surface area contributed by atoms with Gasteiger partial charge >= 0.3 is 0 Å². The molecule has 0 saturated carbocycles. The number of hydrogen-bond donors (Lipinski definition) is 2. The minimum atomic E-state index is -0.196. The molecule has 0 radical (unpaired) electrons. The number of amides is 2. The lowest BCUT2D eigenvalue weighted by atomic mass is 9.97. The van der Waals surface area contributed by atoms with Crippen LogP contribution in [0.25, 0.3) is 10.2 Å². The largest absolute Gasteiger partial charge is 0.369 e. The van der Waals surface area contributed by atoms with Gasteiger partial charge in [-0.15, -0.1) is 23.1 Å². The lowest BCUT2D eigenvalue weighted by Gasteiger charge is -2.31. The molecule has 2 amide bonds. The Bertz CT molecular complexity index is 747. The average molecular weight is 407 g/mol. The summed E-state index contributed by atoms with van der Waals surface area (Å²) in [5, 5.41) is 4.03. The fraction of sp³-hybridized carbons (Fsp3) is 0.526. The quantitative estimate of drug-likeness (QED) is 0.624. The number of thiazole rings is 1. The SMILES string of the molecule is NC(=O)C1CCCN(CCCNC(=O)CSCc2nc3ccccc3s2)C1. The van der Waals surface area contributed by atoms with Crippen molar-refractivity contribution >= 4 is 45.1 Å². The van der Waals surface area contributed by atoms with Gasteiger partial charge in [-0.25, -0.2) is 4.98 Å². The van der Waals surface area contributed by atoms with Crippen molar-refractivity contribution in [3.8, 4) is 0 Å². The summed E-state index contributed by atoms with van der Waals surface area (Å²) >= 11 is 3.28. The van der Waals surface area contributed by atoms with E-state index in [1.165, 1.54) is 4.70 Å². The number of likely N-dealkylation sites (tertiary alicyclic amines) is 1. The number of nitrogens with one attached hydrogen (secondary N) is 1. The molecule has 2 aromatic rings. The van der Waals surface area contributed by atoms with Crippen LogP contribution in [0, 0.1) is 5.92 Å². The van der Waals surface area contributed by atoms with Crippen LogP contribution in [-0.4, -0.2) is 53.6 Å². The lowest BCUT2D eigenvalue weighted by Crippen LogP contribution is -2.42. The number of para-hydroxylation sites is 1. The van der Waals surface area contributed by atoms with Gasteiger partial charge in [0.15, 0.2) is 0 Å². The molecule has 1 aliphatic rings. The highest BCUT2D eigenvalue weighted by molar-refractivity contribution is 7.99. The number of nitrogens with two attached hydrogens (primary N) is 1. The predicted octanol–water partition coefficient (Wildman–Crippen LogP) is 2.23. The summed E-state index contributed by atoms with van der Waals surface area (Å²) in [5.41, 5.74) is 6.43. The van der Waals surface area contributed by atoms with Gasteiger partial charge < -0.3 is 16.0 Å². The smallest absolute Gasteiger partial charge is 0.230 e. The molecule has 2 heterocycles. The zero-order valence-electron chi connectivity index (χ0n) is 15.4. The first-order valence-electron chi connectivity index (χ1n) is 9.32. The van der Waals surface area contributed by atoms with Gasteiger partial charge in [0, 0.05) is 18.8 Å². The number of piperidine rings is 1. The van der Waals surface area contributed by atoms with Gasteiger partial charge in [0.1, 0.15) is 5.01 Å². The van der Waals surface area contributed by atoms with Crippen LogP contribution in [0.1, 0.15) is 24.3 Å². The van der Waals surface area contributed by atoms with E-state index in [0.717, 1.165) is 55.2 Å². The summed E-state index contributed by atoms with van der Waals surface area (Å²) in [5.74, 6) is 1.05. The van der Waals surface area contributed by atoms with Gasteiger partial charge in [-0.3, -0.25) is 9.59 Å². The van der Waals surface area contributed by atoms with Gasteiger partial charge in [-0.1, -0.05) is 12.1 Å². The molecule has 146 valence electrons. The fourth-order valence-electron chi connectivity index (χ4n) is 3.29. The first-order valence-corrected chi connectivity index (χ1v) is 11.3. The normalized spacial score (nSPS) is 17.9. The van der Waals surface area contributed by atoms with E-state index in [9.17, 15) is 9.59 Å². The summed E-state index contributed by atoms with van der Waals surface area (Å²) in [6.07, 6.45) is 2.80. The van der Waals surface area contributed by atoms with Crippen molar-refractivity contribution < 1.29 is 9.59 Å². The van der Waals surface area contributed by atoms with Crippen molar-refractivity contribution in [1.82, 2.24) is 15.2 Å². The van der Waals surface area contributed by atoms with Crippen LogP contribution >= 0.6 is 23.1 Å². The summed E-state index contributed by atoms with van der Waals surface area (Å²) in [7, 11) is 0. The first kappa shape index (κ1) is 20.1. The molecular formula is C19H26N4O2S2. The van der Waals surface area contributed by atoms with Gasteiger partial charge in [0.2, 0.25) is 11.8 Å². The van der Waals surface area contributed by atoms with E-state index in [2.05, 4.69) is 21.3 Å². The zero-order chi connectivity index (χ0) is 19.1. The van der Waals surface area contributed by atoms with E-state index in [-0.39, 0.29) is 17.7 Å². The molecular weight excluding hydrogens is 380 g/mol. The molecule has 0 bridgehead atoms. The van der Waals surface area contributed by atoms with Crippen LogP contribution in [0.2, 0.25) is 0 Å². The maximum atomic E-state index is 12.0. The lowest BCUT2D eigenvalue weighted by molar-refractivity contribution is -0.123. The molecule has 8 heteroatoms. The third-order valence-electron chi connectivity index (χ3n) is 4.68. The standard InChI is InChI=1S/C19H26N4O2S2/c20-19(25)14-5-3-9-23(11-14)10-4-8-21-17(24)12-26-13-18-22-15-6-1-2-7-16(15)27-18/h1-2,6-7,14H,3-5,8-13H2,(H2,20,25)(H,21,24). The third kappa shape index (κ3) is 6.19. The minimum Gasteiger partial charge on any atom is -0.369 e. The van der Waals surface area contributed by atoms with E-state index < -0.39 is 0 Å². The zero-order valence-corrected chi connectivity index (χ0v) is 17.0. The number of carbonyl (C=O) groups is 2. The van der Waals surface area contributed by atoms with E-state index >= 15 is 0 Å². The second kappa shape index (κ2) is 10.1.